The fraction of sp³-hybridized carbons (Fsp3) is 0.250. The molecule has 2 aromatic rings. The molecule has 0 aliphatic rings. The van der Waals surface area contributed by atoms with E-state index in [9.17, 15) is 0 Å². The smallest absolute Gasteiger partial charge is 0.123 e. The van der Waals surface area contributed by atoms with Crippen molar-refractivity contribution in [3.63, 3.8) is 0 Å². The summed E-state index contributed by atoms with van der Waals surface area (Å²) in [6, 6.07) is 15.3. The van der Waals surface area contributed by atoms with Crippen LogP contribution in [-0.2, 0) is 0 Å². The van der Waals surface area contributed by atoms with Crippen LogP contribution < -0.4 is 14.2 Å². The topological polar surface area (TPSA) is 27.7 Å². The van der Waals surface area contributed by atoms with Crippen LogP contribution in [0.2, 0.25) is 0 Å². The molecule has 2 rings (SSSR count). The summed E-state index contributed by atoms with van der Waals surface area (Å²) >= 11 is 3.39. The first-order valence-corrected chi connectivity index (χ1v) is 7.31. The van der Waals surface area contributed by atoms with Crippen LogP contribution in [0.3, 0.4) is 0 Å². The lowest BCUT2D eigenvalue weighted by Gasteiger charge is -2.09. The molecule has 0 atom stereocenters. The predicted molar refractivity (Wildman–Crippen MR) is 82.7 cm³/mol. The molecule has 0 fully saturated rings. The highest BCUT2D eigenvalue weighted by molar-refractivity contribution is 9.10. The SMILES string of the molecule is CCOc1cccc(OCCOc2ccc(Br)cc2)c1. The molecule has 0 unspecified atom stereocenters. The Morgan fingerprint density at radius 3 is 2.05 bits per heavy atom. The number of ether oxygens (including phenoxy) is 3. The first kappa shape index (κ1) is 14.7. The van der Waals surface area contributed by atoms with Crippen LogP contribution in [0.15, 0.2) is 53.0 Å². The second-order valence-electron chi connectivity index (χ2n) is 4.06. The van der Waals surface area contributed by atoms with Gasteiger partial charge in [-0.25, -0.2) is 0 Å². The van der Waals surface area contributed by atoms with Crippen molar-refractivity contribution in [2.24, 2.45) is 0 Å². The molecule has 0 N–H and O–H groups in total. The molecule has 0 heterocycles. The first-order valence-electron chi connectivity index (χ1n) is 6.52. The Labute approximate surface area is 127 Å². The van der Waals surface area contributed by atoms with E-state index in [-0.39, 0.29) is 0 Å². The molecule has 0 saturated carbocycles. The number of benzene rings is 2. The molecule has 3 nitrogen and oxygen atoms in total. The maximum atomic E-state index is 5.62. The fourth-order valence-corrected chi connectivity index (χ4v) is 1.93. The summed E-state index contributed by atoms with van der Waals surface area (Å²) in [6.45, 7) is 3.60. The lowest BCUT2D eigenvalue weighted by molar-refractivity contribution is 0.216. The van der Waals surface area contributed by atoms with Gasteiger partial charge in [0.05, 0.1) is 6.61 Å². The zero-order chi connectivity index (χ0) is 14.2. The minimum Gasteiger partial charge on any atom is -0.494 e. The average Bonchev–Trinajstić information content (AvgIpc) is 2.46. The van der Waals surface area contributed by atoms with Crippen LogP contribution in [0.5, 0.6) is 17.2 Å². The van der Waals surface area contributed by atoms with Gasteiger partial charge < -0.3 is 14.2 Å². The highest BCUT2D eigenvalue weighted by Crippen LogP contribution is 2.19. The van der Waals surface area contributed by atoms with Gasteiger partial charge in [0.25, 0.3) is 0 Å². The zero-order valence-electron chi connectivity index (χ0n) is 11.3. The third-order valence-corrected chi connectivity index (χ3v) is 3.08. The molecule has 20 heavy (non-hydrogen) atoms. The second-order valence-corrected chi connectivity index (χ2v) is 4.97. The van der Waals surface area contributed by atoms with Crippen molar-refractivity contribution in [2.75, 3.05) is 19.8 Å². The van der Waals surface area contributed by atoms with Crippen LogP contribution >= 0.6 is 15.9 Å². The Bertz CT molecular complexity index is 526. The fourth-order valence-electron chi connectivity index (χ4n) is 1.67. The molecule has 106 valence electrons. The minimum atomic E-state index is 0.492. The first-order chi connectivity index (χ1) is 9.78. The van der Waals surface area contributed by atoms with Crippen molar-refractivity contribution in [3.05, 3.63) is 53.0 Å². The highest BCUT2D eigenvalue weighted by atomic mass is 79.9. The summed E-state index contributed by atoms with van der Waals surface area (Å²) in [5, 5.41) is 0. The Balaban J connectivity index is 1.75. The van der Waals surface area contributed by atoms with Crippen molar-refractivity contribution in [2.45, 2.75) is 6.92 Å². The molecule has 0 radical (unpaired) electrons. The maximum Gasteiger partial charge on any atom is 0.123 e. The van der Waals surface area contributed by atoms with Crippen molar-refractivity contribution in [1.29, 1.82) is 0 Å². The van der Waals surface area contributed by atoms with Crippen molar-refractivity contribution in [1.82, 2.24) is 0 Å². The Hall–Kier alpha value is -1.68. The lowest BCUT2D eigenvalue weighted by atomic mass is 10.3. The van der Waals surface area contributed by atoms with Gasteiger partial charge in [-0.15, -0.1) is 0 Å². The molecular formula is C16H17BrO3. The van der Waals surface area contributed by atoms with Gasteiger partial charge >= 0.3 is 0 Å². The Kier molecular flexibility index (Phi) is 5.74. The summed E-state index contributed by atoms with van der Waals surface area (Å²) in [6.07, 6.45) is 0. The third-order valence-electron chi connectivity index (χ3n) is 2.55. The van der Waals surface area contributed by atoms with E-state index in [2.05, 4.69) is 15.9 Å². The van der Waals surface area contributed by atoms with Gasteiger partial charge in [0.1, 0.15) is 30.5 Å². The molecule has 0 aliphatic heterocycles. The third kappa shape index (κ3) is 4.78. The van der Waals surface area contributed by atoms with Gasteiger partial charge in [-0.1, -0.05) is 22.0 Å². The van der Waals surface area contributed by atoms with Crippen molar-refractivity contribution >= 4 is 15.9 Å². The van der Waals surface area contributed by atoms with Gasteiger partial charge in [0.2, 0.25) is 0 Å². The molecular weight excluding hydrogens is 320 g/mol. The number of hydrogen-bond donors (Lipinski definition) is 0. The summed E-state index contributed by atoms with van der Waals surface area (Å²) in [7, 11) is 0. The van der Waals surface area contributed by atoms with E-state index in [1.54, 1.807) is 0 Å². The molecule has 0 spiro atoms. The van der Waals surface area contributed by atoms with E-state index in [1.807, 2.05) is 55.5 Å². The van der Waals surface area contributed by atoms with Crippen molar-refractivity contribution < 1.29 is 14.2 Å². The second kappa shape index (κ2) is 7.80. The highest BCUT2D eigenvalue weighted by Gasteiger charge is 1.98. The van der Waals surface area contributed by atoms with Crippen LogP contribution in [-0.4, -0.2) is 19.8 Å². The lowest BCUT2D eigenvalue weighted by Crippen LogP contribution is -2.09. The number of rotatable bonds is 7. The normalized spacial score (nSPS) is 10.1. The van der Waals surface area contributed by atoms with Crippen LogP contribution in [0.1, 0.15) is 6.92 Å². The van der Waals surface area contributed by atoms with Crippen LogP contribution in [0.4, 0.5) is 0 Å². The summed E-state index contributed by atoms with van der Waals surface area (Å²) in [4.78, 5) is 0. The molecule has 0 amide bonds. The zero-order valence-corrected chi connectivity index (χ0v) is 12.9. The molecule has 2 aromatic carbocycles. The van der Waals surface area contributed by atoms with E-state index in [1.165, 1.54) is 0 Å². The standard InChI is InChI=1S/C16H17BrO3/c1-2-18-15-4-3-5-16(12-15)20-11-10-19-14-8-6-13(17)7-9-14/h3-9,12H,2,10-11H2,1H3. The predicted octanol–water partition coefficient (Wildman–Crippen LogP) is 4.31. The number of halogens is 1. The van der Waals surface area contributed by atoms with E-state index in [0.29, 0.717) is 19.8 Å². The Morgan fingerprint density at radius 2 is 1.40 bits per heavy atom. The minimum absolute atomic E-state index is 0.492. The van der Waals surface area contributed by atoms with Crippen LogP contribution in [0, 0.1) is 0 Å². The number of hydrogen-bond acceptors (Lipinski definition) is 3. The average molecular weight is 337 g/mol. The summed E-state index contributed by atoms with van der Waals surface area (Å²) in [5.41, 5.74) is 0. The molecule has 0 aromatic heterocycles. The van der Waals surface area contributed by atoms with E-state index in [4.69, 9.17) is 14.2 Å². The maximum absolute atomic E-state index is 5.62. The molecule has 4 heteroatoms. The van der Waals surface area contributed by atoms with Gasteiger partial charge in [-0.3, -0.25) is 0 Å². The van der Waals surface area contributed by atoms with Gasteiger partial charge in [0.15, 0.2) is 0 Å². The molecule has 0 aliphatic carbocycles. The van der Waals surface area contributed by atoms with Crippen molar-refractivity contribution in [3.8, 4) is 17.2 Å². The summed E-state index contributed by atoms with van der Waals surface area (Å²) in [5.74, 6) is 2.44. The van der Waals surface area contributed by atoms with Gasteiger partial charge in [-0.2, -0.15) is 0 Å². The monoisotopic (exact) mass is 336 g/mol. The quantitative estimate of drug-likeness (QED) is 0.705. The van der Waals surface area contributed by atoms with E-state index >= 15 is 0 Å². The van der Waals surface area contributed by atoms with E-state index in [0.717, 1.165) is 21.7 Å². The van der Waals surface area contributed by atoms with E-state index < -0.39 is 0 Å². The van der Waals surface area contributed by atoms with Gasteiger partial charge in [-0.05, 0) is 43.3 Å². The molecule has 0 bridgehead atoms. The Morgan fingerprint density at radius 1 is 0.800 bits per heavy atom. The summed E-state index contributed by atoms with van der Waals surface area (Å²) < 4.78 is 17.7. The van der Waals surface area contributed by atoms with Crippen LogP contribution in [0.25, 0.3) is 0 Å². The largest absolute Gasteiger partial charge is 0.494 e. The van der Waals surface area contributed by atoms with Gasteiger partial charge in [0, 0.05) is 10.5 Å². The molecule has 0 saturated heterocycles.